The number of carbonyl (C=O) groups is 1. The van der Waals surface area contributed by atoms with E-state index in [-0.39, 0.29) is 0 Å². The molecular weight excluding hydrogens is 277 g/mol. The van der Waals surface area contributed by atoms with Crippen LogP contribution in [-0.2, 0) is 10.0 Å². The van der Waals surface area contributed by atoms with Crippen molar-refractivity contribution < 1.29 is 31.5 Å². The molecule has 0 aliphatic rings. The molecule has 0 saturated heterocycles. The highest BCUT2D eigenvalue weighted by Crippen LogP contribution is 2.22. The number of carboxylic acids is 1. The van der Waals surface area contributed by atoms with Crippen molar-refractivity contribution in [1.29, 1.82) is 0 Å². The summed E-state index contributed by atoms with van der Waals surface area (Å²) < 4.78 is 61.2. The zero-order valence-electron chi connectivity index (χ0n) is 8.95. The molecule has 0 fully saturated rings. The Hall–Kier alpha value is -1.55. The Morgan fingerprint density at radius 2 is 2.06 bits per heavy atom. The number of sulfonamides is 1. The molecule has 1 unspecified atom stereocenters. The van der Waals surface area contributed by atoms with Crippen molar-refractivity contribution in [1.82, 2.24) is 9.71 Å². The van der Waals surface area contributed by atoms with Crippen LogP contribution in [0.1, 0.15) is 17.4 Å². The van der Waals surface area contributed by atoms with Crippen LogP contribution in [0.15, 0.2) is 17.2 Å². The normalized spacial score (nSPS) is 14.4. The van der Waals surface area contributed by atoms with Crippen LogP contribution in [0, 0.1) is 0 Å². The summed E-state index contributed by atoms with van der Waals surface area (Å²) in [7, 11) is -4.56. The topological polar surface area (TPSA) is 99.3 Å². The first-order valence-corrected chi connectivity index (χ1v) is 6.03. The molecule has 0 amide bonds. The van der Waals surface area contributed by atoms with Crippen molar-refractivity contribution in [2.45, 2.75) is 24.0 Å². The molecular formula is C8H9F3N2O4S. The molecule has 1 rings (SSSR count). The first-order chi connectivity index (χ1) is 8.05. The quantitative estimate of drug-likeness (QED) is 0.767. The number of H-pyrrole nitrogens is 1. The smallest absolute Gasteiger partial charge is 0.404 e. The zero-order valence-corrected chi connectivity index (χ0v) is 9.76. The van der Waals surface area contributed by atoms with Crippen LogP contribution in [0.2, 0.25) is 0 Å². The van der Waals surface area contributed by atoms with E-state index in [0.29, 0.717) is 6.92 Å². The molecule has 0 bridgehead atoms. The predicted molar refractivity (Wildman–Crippen MR) is 53.6 cm³/mol. The fourth-order valence-electron chi connectivity index (χ4n) is 1.11. The van der Waals surface area contributed by atoms with Gasteiger partial charge in [-0.2, -0.15) is 17.9 Å². The van der Waals surface area contributed by atoms with Crippen LogP contribution in [0.5, 0.6) is 0 Å². The van der Waals surface area contributed by atoms with E-state index >= 15 is 0 Å². The third-order valence-electron chi connectivity index (χ3n) is 2.04. The average molecular weight is 286 g/mol. The molecule has 0 aliphatic carbocycles. The van der Waals surface area contributed by atoms with Crippen LogP contribution in [0.3, 0.4) is 0 Å². The molecule has 0 aromatic carbocycles. The Bertz CT molecular complexity index is 549. The van der Waals surface area contributed by atoms with Gasteiger partial charge in [-0.3, -0.25) is 0 Å². The van der Waals surface area contributed by atoms with Crippen LogP contribution in [-0.4, -0.2) is 36.7 Å². The third-order valence-corrected chi connectivity index (χ3v) is 3.62. The molecule has 102 valence electrons. The summed E-state index contributed by atoms with van der Waals surface area (Å²) in [6, 6.07) is -1.45. The molecule has 0 aliphatic heterocycles. The van der Waals surface area contributed by atoms with Gasteiger partial charge in [-0.1, -0.05) is 0 Å². The van der Waals surface area contributed by atoms with Gasteiger partial charge in [0.05, 0.1) is 0 Å². The van der Waals surface area contributed by atoms with Gasteiger partial charge in [-0.25, -0.2) is 13.2 Å². The highest BCUT2D eigenvalue weighted by atomic mass is 32.2. The highest BCUT2D eigenvalue weighted by molar-refractivity contribution is 7.89. The number of alkyl halides is 3. The molecule has 1 aromatic rings. The number of aromatic nitrogens is 1. The van der Waals surface area contributed by atoms with Gasteiger partial charge in [0, 0.05) is 6.20 Å². The van der Waals surface area contributed by atoms with Gasteiger partial charge in [-0.15, -0.1) is 0 Å². The van der Waals surface area contributed by atoms with Crippen LogP contribution in [0.25, 0.3) is 0 Å². The third kappa shape index (κ3) is 3.01. The van der Waals surface area contributed by atoms with E-state index < -0.39 is 38.8 Å². The minimum Gasteiger partial charge on any atom is -0.477 e. The number of nitrogens with one attached hydrogen (secondary N) is 2. The zero-order chi connectivity index (χ0) is 14.1. The van der Waals surface area contributed by atoms with Gasteiger partial charge in [0.1, 0.15) is 16.6 Å². The number of aromatic amines is 1. The predicted octanol–water partition coefficient (Wildman–Crippen LogP) is 0.942. The lowest BCUT2D eigenvalue weighted by molar-refractivity contribution is -0.147. The van der Waals surface area contributed by atoms with E-state index in [1.807, 2.05) is 0 Å². The highest BCUT2D eigenvalue weighted by Gasteiger charge is 2.39. The Morgan fingerprint density at radius 1 is 1.50 bits per heavy atom. The van der Waals surface area contributed by atoms with Gasteiger partial charge in [-0.05, 0) is 13.0 Å². The molecule has 1 heterocycles. The van der Waals surface area contributed by atoms with E-state index in [2.05, 4.69) is 4.98 Å². The Labute approximate surface area is 99.9 Å². The second kappa shape index (κ2) is 4.61. The molecule has 1 atom stereocenters. The van der Waals surface area contributed by atoms with Crippen molar-refractivity contribution in [2.75, 3.05) is 0 Å². The van der Waals surface area contributed by atoms with E-state index in [1.165, 1.54) is 4.72 Å². The van der Waals surface area contributed by atoms with Crippen molar-refractivity contribution in [3.8, 4) is 0 Å². The summed E-state index contributed by atoms with van der Waals surface area (Å²) in [5, 5.41) is 8.67. The van der Waals surface area contributed by atoms with Crippen LogP contribution in [0.4, 0.5) is 13.2 Å². The van der Waals surface area contributed by atoms with Gasteiger partial charge in [0.2, 0.25) is 10.0 Å². The number of hydrogen-bond acceptors (Lipinski definition) is 3. The first-order valence-electron chi connectivity index (χ1n) is 4.55. The van der Waals surface area contributed by atoms with E-state index in [0.717, 1.165) is 12.3 Å². The SMILES string of the molecule is CC(NS(=O)(=O)c1cc[nH]c1C(=O)O)C(F)(F)F. The lowest BCUT2D eigenvalue weighted by atomic mass is 10.4. The van der Waals surface area contributed by atoms with E-state index in [1.54, 1.807) is 0 Å². The monoisotopic (exact) mass is 286 g/mol. The summed E-state index contributed by atoms with van der Waals surface area (Å²) in [4.78, 5) is 12.0. The van der Waals surface area contributed by atoms with Crippen LogP contribution < -0.4 is 4.72 Å². The van der Waals surface area contributed by atoms with Gasteiger partial charge in [0.15, 0.2) is 0 Å². The molecule has 3 N–H and O–H groups in total. The molecule has 10 heteroatoms. The number of halogens is 3. The van der Waals surface area contributed by atoms with Gasteiger partial charge < -0.3 is 10.1 Å². The summed E-state index contributed by atoms with van der Waals surface area (Å²) in [5.41, 5.74) is -0.697. The number of hydrogen-bond donors (Lipinski definition) is 3. The van der Waals surface area contributed by atoms with E-state index in [4.69, 9.17) is 5.11 Å². The second-order valence-corrected chi connectivity index (χ2v) is 5.09. The summed E-state index contributed by atoms with van der Waals surface area (Å²) in [6.07, 6.45) is -3.75. The Balaban J connectivity index is 3.08. The first kappa shape index (κ1) is 14.5. The van der Waals surface area contributed by atoms with Crippen molar-refractivity contribution >= 4 is 16.0 Å². The minimum absolute atomic E-state index is 0.616. The molecule has 0 radical (unpaired) electrons. The fourth-order valence-corrected chi connectivity index (χ4v) is 2.50. The Morgan fingerprint density at radius 3 is 2.50 bits per heavy atom. The van der Waals surface area contributed by atoms with Crippen LogP contribution >= 0.6 is 0 Å². The molecule has 6 nitrogen and oxygen atoms in total. The maximum Gasteiger partial charge on any atom is 0.404 e. The van der Waals surface area contributed by atoms with Crippen molar-refractivity contribution in [2.24, 2.45) is 0 Å². The maximum absolute atomic E-state index is 12.2. The minimum atomic E-state index is -4.76. The largest absolute Gasteiger partial charge is 0.477 e. The lowest BCUT2D eigenvalue weighted by Gasteiger charge is -2.16. The average Bonchev–Trinajstić information content (AvgIpc) is 2.63. The standard InChI is InChI=1S/C8H9F3N2O4S/c1-4(8(9,10)11)13-18(16,17)5-2-3-12-6(5)7(14)15/h2-4,12-13H,1H3,(H,14,15). The molecule has 0 saturated carbocycles. The van der Waals surface area contributed by atoms with Crippen molar-refractivity contribution in [3.05, 3.63) is 18.0 Å². The fraction of sp³-hybridized carbons (Fsp3) is 0.375. The summed E-state index contributed by atoms with van der Waals surface area (Å²) in [5.74, 6) is -1.58. The van der Waals surface area contributed by atoms with Crippen molar-refractivity contribution in [3.63, 3.8) is 0 Å². The maximum atomic E-state index is 12.2. The molecule has 18 heavy (non-hydrogen) atoms. The second-order valence-electron chi connectivity index (χ2n) is 3.41. The van der Waals surface area contributed by atoms with Gasteiger partial charge in [0.25, 0.3) is 0 Å². The molecule has 0 spiro atoms. The Kier molecular flexibility index (Phi) is 3.72. The summed E-state index contributed by atoms with van der Waals surface area (Å²) >= 11 is 0. The molecule has 1 aromatic heterocycles. The number of aromatic carboxylic acids is 1. The summed E-state index contributed by atoms with van der Waals surface area (Å²) in [6.45, 7) is 0.616. The number of rotatable bonds is 4. The van der Waals surface area contributed by atoms with Gasteiger partial charge >= 0.3 is 12.1 Å². The lowest BCUT2D eigenvalue weighted by Crippen LogP contribution is -2.43. The van der Waals surface area contributed by atoms with E-state index in [9.17, 15) is 26.4 Å². The number of carboxylic acid groups (broad SMARTS) is 1.